The fourth-order valence-electron chi connectivity index (χ4n) is 0.653. The van der Waals surface area contributed by atoms with E-state index < -0.39 is 22.9 Å². The first-order valence-corrected chi connectivity index (χ1v) is 2.77. The second kappa shape index (κ2) is 2.69. The maximum absolute atomic E-state index is 12.6. The molecular formula is C6H5F2NO2. The monoisotopic (exact) mass is 161 g/mol. The van der Waals surface area contributed by atoms with E-state index in [2.05, 4.69) is 4.74 Å². The highest BCUT2D eigenvalue weighted by molar-refractivity contribution is 5.21. The number of rotatable bonds is 1. The van der Waals surface area contributed by atoms with Crippen molar-refractivity contribution in [3.8, 4) is 5.75 Å². The van der Waals surface area contributed by atoms with E-state index in [-0.39, 0.29) is 0 Å². The van der Waals surface area contributed by atoms with Crippen molar-refractivity contribution in [1.82, 2.24) is 4.98 Å². The Morgan fingerprint density at radius 2 is 2.18 bits per heavy atom. The number of aromatic nitrogens is 1. The molecule has 0 unspecified atom stereocenters. The molecule has 0 radical (unpaired) electrons. The van der Waals surface area contributed by atoms with Gasteiger partial charge in [0.1, 0.15) is 0 Å². The first-order chi connectivity index (χ1) is 5.16. The molecule has 0 saturated carbocycles. The summed E-state index contributed by atoms with van der Waals surface area (Å²) >= 11 is 0. The van der Waals surface area contributed by atoms with Gasteiger partial charge >= 0.3 is 0 Å². The van der Waals surface area contributed by atoms with Gasteiger partial charge in [-0.25, -0.2) is 4.39 Å². The van der Waals surface area contributed by atoms with E-state index in [1.54, 1.807) is 0 Å². The highest BCUT2D eigenvalue weighted by atomic mass is 19.1. The Balaban J connectivity index is 3.41. The summed E-state index contributed by atoms with van der Waals surface area (Å²) in [7, 11) is 1.08. The van der Waals surface area contributed by atoms with Gasteiger partial charge in [0.05, 0.1) is 7.11 Å². The maximum atomic E-state index is 12.6. The van der Waals surface area contributed by atoms with Gasteiger partial charge in [0, 0.05) is 6.20 Å². The minimum atomic E-state index is -1.24. The highest BCUT2D eigenvalue weighted by Gasteiger charge is 2.11. The van der Waals surface area contributed by atoms with Crippen LogP contribution in [0.3, 0.4) is 0 Å². The largest absolute Gasteiger partial charge is 0.491 e. The van der Waals surface area contributed by atoms with Crippen LogP contribution in [0.25, 0.3) is 0 Å². The molecule has 0 aliphatic rings. The van der Waals surface area contributed by atoms with Crippen molar-refractivity contribution in [3.63, 3.8) is 0 Å². The van der Waals surface area contributed by atoms with Gasteiger partial charge in [-0.3, -0.25) is 4.79 Å². The van der Waals surface area contributed by atoms with E-state index in [4.69, 9.17) is 0 Å². The van der Waals surface area contributed by atoms with Crippen molar-refractivity contribution in [2.75, 3.05) is 7.11 Å². The predicted molar refractivity (Wildman–Crippen MR) is 33.5 cm³/mol. The van der Waals surface area contributed by atoms with Crippen molar-refractivity contribution < 1.29 is 13.5 Å². The van der Waals surface area contributed by atoms with Crippen LogP contribution in [-0.4, -0.2) is 12.1 Å². The van der Waals surface area contributed by atoms with E-state index >= 15 is 0 Å². The van der Waals surface area contributed by atoms with Crippen molar-refractivity contribution in [2.45, 2.75) is 0 Å². The average Bonchev–Trinajstić information content (AvgIpc) is 1.99. The standard InChI is InChI=1S/C6H5F2NO2/c1-11-5-3(7)2-9-6(10)4(5)8/h2H,1H3,(H,9,10). The van der Waals surface area contributed by atoms with Gasteiger partial charge in [-0.15, -0.1) is 0 Å². The second-order valence-corrected chi connectivity index (χ2v) is 1.81. The minimum absolute atomic E-state index is 0.659. The third kappa shape index (κ3) is 1.21. The number of halogens is 2. The molecule has 5 heteroatoms. The molecule has 0 aromatic carbocycles. The molecule has 60 valence electrons. The van der Waals surface area contributed by atoms with Crippen LogP contribution < -0.4 is 10.3 Å². The average molecular weight is 161 g/mol. The molecule has 0 bridgehead atoms. The SMILES string of the molecule is COc1c(F)c[nH]c(=O)c1F. The molecule has 0 spiro atoms. The predicted octanol–water partition coefficient (Wildman–Crippen LogP) is 0.662. The molecule has 0 saturated heterocycles. The number of hydrogen-bond donors (Lipinski definition) is 1. The van der Waals surface area contributed by atoms with Gasteiger partial charge in [0.25, 0.3) is 5.56 Å². The zero-order chi connectivity index (χ0) is 8.43. The Morgan fingerprint density at radius 1 is 1.55 bits per heavy atom. The number of ether oxygens (including phenoxy) is 1. The fraction of sp³-hybridized carbons (Fsp3) is 0.167. The number of nitrogens with one attached hydrogen (secondary N) is 1. The molecule has 0 amide bonds. The van der Waals surface area contributed by atoms with Gasteiger partial charge in [-0.1, -0.05) is 0 Å². The summed E-state index contributed by atoms with van der Waals surface area (Å²) in [6, 6.07) is 0. The van der Waals surface area contributed by atoms with Crippen LogP contribution in [0, 0.1) is 11.6 Å². The molecule has 0 aliphatic heterocycles. The number of methoxy groups -OCH3 is 1. The number of aromatic amines is 1. The lowest BCUT2D eigenvalue weighted by molar-refractivity contribution is 0.355. The Kier molecular flexibility index (Phi) is 1.89. The number of pyridine rings is 1. The lowest BCUT2D eigenvalue weighted by Gasteiger charge is -1.99. The van der Waals surface area contributed by atoms with E-state index in [1.165, 1.54) is 0 Å². The molecule has 1 aromatic rings. The summed E-state index contributed by atoms with van der Waals surface area (Å²) in [6.07, 6.45) is 0.740. The molecule has 0 fully saturated rings. The van der Waals surface area contributed by atoms with Crippen molar-refractivity contribution in [1.29, 1.82) is 0 Å². The molecule has 1 heterocycles. The Labute approximate surface area is 60.6 Å². The van der Waals surface area contributed by atoms with Crippen molar-refractivity contribution in [3.05, 3.63) is 28.2 Å². The van der Waals surface area contributed by atoms with Crippen LogP contribution in [0.4, 0.5) is 8.78 Å². The topological polar surface area (TPSA) is 42.1 Å². The molecular weight excluding hydrogens is 156 g/mol. The van der Waals surface area contributed by atoms with Crippen LogP contribution >= 0.6 is 0 Å². The third-order valence-electron chi connectivity index (χ3n) is 1.15. The molecule has 1 N–H and O–H groups in total. The van der Waals surface area contributed by atoms with Crippen LogP contribution in [0.2, 0.25) is 0 Å². The van der Waals surface area contributed by atoms with E-state index in [0.717, 1.165) is 13.3 Å². The summed E-state index contributed by atoms with van der Waals surface area (Å²) < 4.78 is 29.3. The van der Waals surface area contributed by atoms with E-state index in [0.29, 0.717) is 0 Å². The van der Waals surface area contributed by atoms with Gasteiger partial charge in [0.15, 0.2) is 11.6 Å². The highest BCUT2D eigenvalue weighted by Crippen LogP contribution is 2.15. The fourth-order valence-corrected chi connectivity index (χ4v) is 0.653. The van der Waals surface area contributed by atoms with Crippen LogP contribution in [-0.2, 0) is 0 Å². The third-order valence-corrected chi connectivity index (χ3v) is 1.15. The van der Waals surface area contributed by atoms with Crippen molar-refractivity contribution >= 4 is 0 Å². The molecule has 0 atom stereocenters. The summed E-state index contributed by atoms with van der Waals surface area (Å²) in [4.78, 5) is 12.3. The molecule has 1 rings (SSSR count). The smallest absolute Gasteiger partial charge is 0.288 e. The molecule has 1 aromatic heterocycles. The molecule has 11 heavy (non-hydrogen) atoms. The Hall–Kier alpha value is -1.39. The van der Waals surface area contributed by atoms with E-state index in [9.17, 15) is 13.6 Å². The van der Waals surface area contributed by atoms with Crippen LogP contribution in [0.1, 0.15) is 0 Å². The Morgan fingerprint density at radius 3 is 2.64 bits per heavy atom. The van der Waals surface area contributed by atoms with Gasteiger partial charge in [0.2, 0.25) is 5.82 Å². The zero-order valence-corrected chi connectivity index (χ0v) is 5.65. The van der Waals surface area contributed by atoms with E-state index in [1.807, 2.05) is 4.98 Å². The van der Waals surface area contributed by atoms with Crippen LogP contribution in [0.5, 0.6) is 5.75 Å². The summed E-state index contributed by atoms with van der Waals surface area (Å²) in [5.74, 6) is -2.83. The van der Waals surface area contributed by atoms with Gasteiger partial charge in [-0.2, -0.15) is 4.39 Å². The Bertz CT molecular complexity index is 321. The van der Waals surface area contributed by atoms with Crippen LogP contribution in [0.15, 0.2) is 11.0 Å². The lowest BCUT2D eigenvalue weighted by Crippen LogP contribution is -2.12. The molecule has 3 nitrogen and oxygen atoms in total. The lowest BCUT2D eigenvalue weighted by atomic mass is 10.4. The quantitative estimate of drug-likeness (QED) is 0.657. The second-order valence-electron chi connectivity index (χ2n) is 1.81. The summed E-state index contributed by atoms with van der Waals surface area (Å²) in [5, 5.41) is 0. The normalized spacial score (nSPS) is 9.73. The minimum Gasteiger partial charge on any atom is -0.491 e. The summed E-state index contributed by atoms with van der Waals surface area (Å²) in [6.45, 7) is 0. The summed E-state index contributed by atoms with van der Waals surface area (Å²) in [5.41, 5.74) is -0.997. The zero-order valence-electron chi connectivity index (χ0n) is 5.65. The van der Waals surface area contributed by atoms with Gasteiger partial charge < -0.3 is 9.72 Å². The molecule has 0 aliphatic carbocycles. The first kappa shape index (κ1) is 7.71. The first-order valence-electron chi connectivity index (χ1n) is 2.77. The number of H-pyrrole nitrogens is 1. The van der Waals surface area contributed by atoms with Crippen molar-refractivity contribution in [2.24, 2.45) is 0 Å². The number of hydrogen-bond acceptors (Lipinski definition) is 2. The van der Waals surface area contributed by atoms with Gasteiger partial charge in [-0.05, 0) is 0 Å². The maximum Gasteiger partial charge on any atom is 0.288 e.